The predicted octanol–water partition coefficient (Wildman–Crippen LogP) is 1.85. The molecule has 0 fully saturated rings. The maximum atomic E-state index is 11.1. The van der Waals surface area contributed by atoms with E-state index < -0.39 is 5.91 Å². The van der Waals surface area contributed by atoms with Gasteiger partial charge in [0.2, 0.25) is 0 Å². The smallest absolute Gasteiger partial charge is 0.258 e. The second-order valence-electron chi connectivity index (χ2n) is 3.65. The van der Waals surface area contributed by atoms with Gasteiger partial charge < -0.3 is 5.73 Å². The molecular formula is C12H8N4OS. The number of aromatic nitrogens is 3. The number of hydrogen-bond donors (Lipinski definition) is 1. The van der Waals surface area contributed by atoms with Gasteiger partial charge in [-0.1, -0.05) is 0 Å². The lowest BCUT2D eigenvalue weighted by atomic mass is 10.2. The largest absolute Gasteiger partial charge is 0.365 e. The molecule has 0 aromatic carbocycles. The van der Waals surface area contributed by atoms with Crippen molar-refractivity contribution in [3.63, 3.8) is 0 Å². The first-order valence-corrected chi connectivity index (χ1v) is 6.02. The minimum atomic E-state index is -0.441. The number of carbonyl (C=O) groups is 1. The van der Waals surface area contributed by atoms with Crippen LogP contribution in [-0.2, 0) is 0 Å². The topological polar surface area (TPSA) is 81.8 Å². The van der Waals surface area contributed by atoms with Gasteiger partial charge >= 0.3 is 0 Å². The van der Waals surface area contributed by atoms with Crippen molar-refractivity contribution in [3.05, 3.63) is 41.7 Å². The van der Waals surface area contributed by atoms with Crippen LogP contribution in [0.25, 0.3) is 21.6 Å². The quantitative estimate of drug-likeness (QED) is 0.758. The van der Waals surface area contributed by atoms with Crippen molar-refractivity contribution in [1.29, 1.82) is 0 Å². The van der Waals surface area contributed by atoms with Gasteiger partial charge in [0.15, 0.2) is 5.82 Å². The molecule has 0 unspecified atom stereocenters. The fraction of sp³-hybridized carbons (Fsp3) is 0. The molecule has 3 rings (SSSR count). The summed E-state index contributed by atoms with van der Waals surface area (Å²) in [6.45, 7) is 0. The Balaban J connectivity index is 2.14. The van der Waals surface area contributed by atoms with Crippen LogP contribution in [0.2, 0.25) is 0 Å². The van der Waals surface area contributed by atoms with E-state index in [0.29, 0.717) is 10.7 Å². The van der Waals surface area contributed by atoms with Crippen LogP contribution in [0.1, 0.15) is 9.67 Å². The molecule has 3 aromatic rings. The Hall–Kier alpha value is -2.34. The number of pyridine rings is 1. The molecule has 2 N–H and O–H groups in total. The lowest BCUT2D eigenvalue weighted by Gasteiger charge is -1.98. The van der Waals surface area contributed by atoms with Crippen molar-refractivity contribution >= 4 is 27.5 Å². The fourth-order valence-corrected chi connectivity index (χ4v) is 2.42. The van der Waals surface area contributed by atoms with E-state index in [4.69, 9.17) is 5.73 Å². The van der Waals surface area contributed by atoms with Crippen molar-refractivity contribution < 1.29 is 4.79 Å². The third-order valence-corrected chi connectivity index (χ3v) is 3.53. The summed E-state index contributed by atoms with van der Waals surface area (Å²) in [6.07, 6.45) is 5.08. The molecule has 88 valence electrons. The highest BCUT2D eigenvalue weighted by Gasteiger charge is 2.09. The van der Waals surface area contributed by atoms with Crippen LogP contribution in [0.3, 0.4) is 0 Å². The van der Waals surface area contributed by atoms with Crippen molar-refractivity contribution in [3.8, 4) is 11.4 Å². The summed E-state index contributed by atoms with van der Waals surface area (Å²) in [4.78, 5) is 24.2. The molecule has 0 aliphatic heterocycles. The fourth-order valence-electron chi connectivity index (χ4n) is 1.60. The summed E-state index contributed by atoms with van der Waals surface area (Å²) in [5.74, 6) is 0.169. The van der Waals surface area contributed by atoms with Crippen LogP contribution in [0.15, 0.2) is 36.8 Å². The lowest BCUT2D eigenvalue weighted by Crippen LogP contribution is -2.08. The highest BCUT2D eigenvalue weighted by atomic mass is 32.1. The number of fused-ring (bicyclic) bond motifs is 1. The van der Waals surface area contributed by atoms with Crippen LogP contribution in [0, 0.1) is 0 Å². The second kappa shape index (κ2) is 4.15. The average Bonchev–Trinajstić information content (AvgIpc) is 2.82. The monoisotopic (exact) mass is 256 g/mol. The molecule has 0 bridgehead atoms. The molecule has 5 nitrogen and oxygen atoms in total. The third kappa shape index (κ3) is 1.82. The number of primary amides is 1. The first-order chi connectivity index (χ1) is 8.74. The molecule has 0 saturated heterocycles. The SMILES string of the molecule is NC(=O)c1cc2nc(-c3ccncc3)ncc2s1. The van der Waals surface area contributed by atoms with Crippen molar-refractivity contribution in [2.75, 3.05) is 0 Å². The number of hydrogen-bond acceptors (Lipinski definition) is 5. The Morgan fingerprint density at radius 2 is 2.06 bits per heavy atom. The van der Waals surface area contributed by atoms with Crippen LogP contribution in [0.4, 0.5) is 0 Å². The highest BCUT2D eigenvalue weighted by Crippen LogP contribution is 2.25. The van der Waals surface area contributed by atoms with E-state index in [9.17, 15) is 4.79 Å². The van der Waals surface area contributed by atoms with Gasteiger partial charge in [0.1, 0.15) is 0 Å². The summed E-state index contributed by atoms with van der Waals surface area (Å²) in [7, 11) is 0. The Kier molecular flexibility index (Phi) is 2.49. The molecular weight excluding hydrogens is 248 g/mol. The van der Waals surface area contributed by atoms with Crippen molar-refractivity contribution in [2.45, 2.75) is 0 Å². The maximum absolute atomic E-state index is 11.1. The van der Waals surface area contributed by atoms with Gasteiger partial charge in [0, 0.05) is 24.2 Å². The second-order valence-corrected chi connectivity index (χ2v) is 4.74. The molecule has 0 spiro atoms. The zero-order chi connectivity index (χ0) is 12.5. The molecule has 6 heteroatoms. The van der Waals surface area contributed by atoms with Gasteiger partial charge in [-0.3, -0.25) is 9.78 Å². The van der Waals surface area contributed by atoms with E-state index in [1.165, 1.54) is 11.3 Å². The molecule has 0 saturated carbocycles. The van der Waals surface area contributed by atoms with E-state index in [0.717, 1.165) is 15.8 Å². The Bertz CT molecular complexity index is 723. The zero-order valence-electron chi connectivity index (χ0n) is 9.20. The summed E-state index contributed by atoms with van der Waals surface area (Å²) in [5, 5.41) is 0. The van der Waals surface area contributed by atoms with E-state index in [2.05, 4.69) is 15.0 Å². The molecule has 0 atom stereocenters. The van der Waals surface area contributed by atoms with Gasteiger partial charge in [0.05, 0.1) is 15.1 Å². The number of nitrogens with two attached hydrogens (primary N) is 1. The van der Waals surface area contributed by atoms with E-state index in [1.807, 2.05) is 12.1 Å². The summed E-state index contributed by atoms with van der Waals surface area (Å²) in [5.41, 5.74) is 6.86. The van der Waals surface area contributed by atoms with Crippen LogP contribution >= 0.6 is 11.3 Å². The van der Waals surface area contributed by atoms with Gasteiger partial charge in [-0.25, -0.2) is 9.97 Å². The molecule has 0 aliphatic rings. The Morgan fingerprint density at radius 3 is 2.78 bits per heavy atom. The first-order valence-electron chi connectivity index (χ1n) is 5.21. The zero-order valence-corrected chi connectivity index (χ0v) is 10.0. The molecule has 3 aromatic heterocycles. The molecule has 0 radical (unpaired) electrons. The summed E-state index contributed by atoms with van der Waals surface area (Å²) < 4.78 is 0.849. The van der Waals surface area contributed by atoms with Crippen LogP contribution < -0.4 is 5.73 Å². The Labute approximate surface area is 106 Å². The molecule has 0 aliphatic carbocycles. The predicted molar refractivity (Wildman–Crippen MR) is 69.2 cm³/mol. The van der Waals surface area contributed by atoms with Crippen LogP contribution in [0.5, 0.6) is 0 Å². The van der Waals surface area contributed by atoms with E-state index in [-0.39, 0.29) is 0 Å². The van der Waals surface area contributed by atoms with Crippen molar-refractivity contribution in [1.82, 2.24) is 15.0 Å². The van der Waals surface area contributed by atoms with E-state index in [1.54, 1.807) is 24.7 Å². The normalized spacial score (nSPS) is 10.7. The highest BCUT2D eigenvalue weighted by molar-refractivity contribution is 7.20. The molecule has 1 amide bonds. The van der Waals surface area contributed by atoms with Gasteiger partial charge in [-0.2, -0.15) is 0 Å². The van der Waals surface area contributed by atoms with E-state index >= 15 is 0 Å². The average molecular weight is 256 g/mol. The minimum absolute atomic E-state index is 0.441. The van der Waals surface area contributed by atoms with Gasteiger partial charge in [0.25, 0.3) is 5.91 Å². The first kappa shape index (κ1) is 10.8. The van der Waals surface area contributed by atoms with Crippen LogP contribution in [-0.4, -0.2) is 20.9 Å². The number of thiophene rings is 1. The van der Waals surface area contributed by atoms with Gasteiger partial charge in [-0.05, 0) is 18.2 Å². The number of nitrogens with zero attached hydrogens (tertiary/aromatic N) is 3. The number of rotatable bonds is 2. The maximum Gasteiger partial charge on any atom is 0.258 e. The summed E-state index contributed by atoms with van der Waals surface area (Å²) in [6, 6.07) is 5.36. The summed E-state index contributed by atoms with van der Waals surface area (Å²) >= 11 is 1.30. The Morgan fingerprint density at radius 1 is 1.28 bits per heavy atom. The number of amides is 1. The lowest BCUT2D eigenvalue weighted by molar-refractivity contribution is 0.100. The van der Waals surface area contributed by atoms with Gasteiger partial charge in [-0.15, -0.1) is 11.3 Å². The number of carbonyl (C=O) groups excluding carboxylic acids is 1. The molecule has 18 heavy (non-hydrogen) atoms. The molecule has 3 heterocycles. The third-order valence-electron chi connectivity index (χ3n) is 2.45. The standard InChI is InChI=1S/C12H8N4OS/c13-11(17)9-5-8-10(18-9)6-15-12(16-8)7-1-3-14-4-2-7/h1-6H,(H2,13,17). The minimum Gasteiger partial charge on any atom is -0.365 e. The van der Waals surface area contributed by atoms with Crippen molar-refractivity contribution in [2.24, 2.45) is 5.73 Å².